The molecule has 0 aliphatic heterocycles. The highest BCUT2D eigenvalue weighted by atomic mass is 16.6. The summed E-state index contributed by atoms with van der Waals surface area (Å²) in [6, 6.07) is 11.9. The Bertz CT molecular complexity index is 1330. The van der Waals surface area contributed by atoms with Crippen molar-refractivity contribution in [2.45, 2.75) is 116 Å². The minimum absolute atomic E-state index is 0.0772. The number of ether oxygens (including phenoxy) is 2. The zero-order valence-electron chi connectivity index (χ0n) is 27.8. The second kappa shape index (κ2) is 14.8. The fourth-order valence-corrected chi connectivity index (χ4v) is 5.09. The van der Waals surface area contributed by atoms with Gasteiger partial charge in [-0.3, -0.25) is 9.59 Å². The number of rotatable bonds is 11. The van der Waals surface area contributed by atoms with Crippen molar-refractivity contribution in [3.63, 3.8) is 0 Å². The van der Waals surface area contributed by atoms with E-state index in [0.717, 1.165) is 12.0 Å². The molecule has 1 aliphatic rings. The Hall–Kier alpha value is -4.08. The molecule has 3 unspecified atom stereocenters. The smallest absolute Gasteiger partial charge is 0.408 e. The first-order valence-corrected chi connectivity index (χ1v) is 15.6. The number of carbonyl (C=O) groups excluding carboxylic acids is 4. The maximum atomic E-state index is 14.4. The largest absolute Gasteiger partial charge is 0.508 e. The minimum Gasteiger partial charge on any atom is -0.508 e. The molecule has 0 aromatic heterocycles. The van der Waals surface area contributed by atoms with Crippen molar-refractivity contribution in [3.8, 4) is 5.75 Å². The van der Waals surface area contributed by atoms with Crippen LogP contribution in [0.3, 0.4) is 0 Å². The highest BCUT2D eigenvalue weighted by molar-refractivity contribution is 5.94. The van der Waals surface area contributed by atoms with E-state index in [2.05, 4.69) is 10.6 Å². The Morgan fingerprint density at radius 2 is 1.51 bits per heavy atom. The van der Waals surface area contributed by atoms with Crippen LogP contribution in [0.25, 0.3) is 0 Å². The molecular formula is C35H49N3O7. The van der Waals surface area contributed by atoms with Crippen molar-refractivity contribution in [1.29, 1.82) is 0 Å². The molecule has 246 valence electrons. The van der Waals surface area contributed by atoms with Gasteiger partial charge in [-0.15, -0.1) is 0 Å². The summed E-state index contributed by atoms with van der Waals surface area (Å²) in [6.07, 6.45) is 1.61. The molecule has 0 bridgehead atoms. The third-order valence-corrected chi connectivity index (χ3v) is 7.33. The van der Waals surface area contributed by atoms with E-state index in [0.29, 0.717) is 18.4 Å². The first kappa shape index (κ1) is 35.4. The molecular weight excluding hydrogens is 574 g/mol. The molecule has 2 aromatic rings. The zero-order chi connectivity index (χ0) is 33.5. The van der Waals surface area contributed by atoms with Gasteiger partial charge < -0.3 is 30.1 Å². The third-order valence-electron chi connectivity index (χ3n) is 7.33. The minimum atomic E-state index is -1.21. The Balaban J connectivity index is 2.05. The number of phenols is 1. The first-order chi connectivity index (χ1) is 20.9. The van der Waals surface area contributed by atoms with Gasteiger partial charge in [0.15, 0.2) is 0 Å². The fraction of sp³-hybridized carbons (Fsp3) is 0.543. The van der Waals surface area contributed by atoms with E-state index >= 15 is 0 Å². The number of hydrogen-bond acceptors (Lipinski definition) is 7. The van der Waals surface area contributed by atoms with Gasteiger partial charge in [0.25, 0.3) is 0 Å². The van der Waals surface area contributed by atoms with Gasteiger partial charge in [-0.05, 0) is 90.0 Å². The number of nitrogens with one attached hydrogen (secondary N) is 2. The Labute approximate surface area is 266 Å². The lowest BCUT2D eigenvalue weighted by molar-refractivity contribution is -0.159. The average Bonchev–Trinajstić information content (AvgIpc) is 2.88. The summed E-state index contributed by atoms with van der Waals surface area (Å²) >= 11 is 0. The number of nitrogens with zero attached hydrogens (tertiary/aromatic N) is 1. The molecule has 10 heteroatoms. The summed E-state index contributed by atoms with van der Waals surface area (Å²) in [5.41, 5.74) is -0.388. The Morgan fingerprint density at radius 3 is 2.02 bits per heavy atom. The zero-order valence-corrected chi connectivity index (χ0v) is 27.8. The molecule has 0 spiro atoms. The molecule has 1 fully saturated rings. The molecule has 0 heterocycles. The lowest BCUT2D eigenvalue weighted by Gasteiger charge is -2.44. The number of amides is 3. The van der Waals surface area contributed by atoms with Crippen molar-refractivity contribution in [2.24, 2.45) is 5.92 Å². The van der Waals surface area contributed by atoms with Crippen LogP contribution in [-0.4, -0.2) is 63.2 Å². The van der Waals surface area contributed by atoms with Crippen molar-refractivity contribution >= 4 is 23.9 Å². The molecule has 10 nitrogen and oxygen atoms in total. The van der Waals surface area contributed by atoms with Crippen LogP contribution >= 0.6 is 0 Å². The summed E-state index contributed by atoms with van der Waals surface area (Å²) < 4.78 is 11.1. The number of hydrogen-bond donors (Lipinski definition) is 3. The van der Waals surface area contributed by atoms with Crippen LogP contribution in [-0.2, 0) is 30.3 Å². The average molecular weight is 624 g/mol. The molecule has 0 saturated heterocycles. The molecule has 3 amide bonds. The van der Waals surface area contributed by atoms with Crippen molar-refractivity contribution in [3.05, 3.63) is 65.7 Å². The van der Waals surface area contributed by atoms with Crippen molar-refractivity contribution < 1.29 is 33.8 Å². The van der Waals surface area contributed by atoms with Crippen molar-refractivity contribution in [2.75, 3.05) is 0 Å². The maximum absolute atomic E-state index is 14.4. The normalized spacial score (nSPS) is 15.7. The lowest BCUT2D eigenvalue weighted by Crippen LogP contribution is -2.59. The molecule has 3 rings (SSSR count). The van der Waals surface area contributed by atoms with E-state index in [9.17, 15) is 24.3 Å². The molecule has 0 radical (unpaired) electrons. The van der Waals surface area contributed by atoms with Crippen LogP contribution in [0.1, 0.15) is 91.8 Å². The van der Waals surface area contributed by atoms with Gasteiger partial charge in [-0.25, -0.2) is 9.59 Å². The van der Waals surface area contributed by atoms with Crippen LogP contribution in [0.15, 0.2) is 54.6 Å². The topological polar surface area (TPSA) is 134 Å². The van der Waals surface area contributed by atoms with Gasteiger partial charge in [0.05, 0.1) is 0 Å². The monoisotopic (exact) mass is 623 g/mol. The number of carbonyl (C=O) groups is 4. The second-order valence-electron chi connectivity index (χ2n) is 14.0. The summed E-state index contributed by atoms with van der Waals surface area (Å²) in [4.78, 5) is 56.6. The van der Waals surface area contributed by atoms with Gasteiger partial charge in [-0.1, -0.05) is 56.3 Å². The van der Waals surface area contributed by atoms with Gasteiger partial charge >= 0.3 is 12.1 Å². The Kier molecular flexibility index (Phi) is 11.6. The summed E-state index contributed by atoms with van der Waals surface area (Å²) in [6.45, 7) is 14.1. The SMILES string of the molecule is CC(C)C(NC(=O)OC(C)(C)C)C(=O)N(C1CCC1)C(C(=O)NC(Cc1ccccc1)C(=O)OC(C)(C)C)c1cccc(O)c1. The van der Waals surface area contributed by atoms with E-state index in [1.165, 1.54) is 17.0 Å². The molecule has 2 aromatic carbocycles. The predicted octanol–water partition coefficient (Wildman–Crippen LogP) is 5.43. The van der Waals surface area contributed by atoms with E-state index in [1.54, 1.807) is 67.5 Å². The highest BCUT2D eigenvalue weighted by Crippen LogP contribution is 2.35. The number of aromatic hydroxyl groups is 1. The molecule has 1 aliphatic carbocycles. The van der Waals surface area contributed by atoms with Gasteiger partial charge in [0.2, 0.25) is 11.8 Å². The van der Waals surface area contributed by atoms with Crippen LogP contribution in [0.4, 0.5) is 4.79 Å². The van der Waals surface area contributed by atoms with E-state index in [-0.39, 0.29) is 24.1 Å². The van der Waals surface area contributed by atoms with E-state index in [1.807, 2.05) is 30.3 Å². The van der Waals surface area contributed by atoms with Crippen molar-refractivity contribution in [1.82, 2.24) is 15.5 Å². The predicted molar refractivity (Wildman–Crippen MR) is 171 cm³/mol. The molecule has 3 N–H and O–H groups in total. The highest BCUT2D eigenvalue weighted by Gasteiger charge is 2.44. The molecule has 45 heavy (non-hydrogen) atoms. The third kappa shape index (κ3) is 10.5. The molecule has 3 atom stereocenters. The summed E-state index contributed by atoms with van der Waals surface area (Å²) in [5.74, 6) is -2.09. The lowest BCUT2D eigenvalue weighted by atomic mass is 9.87. The van der Waals surface area contributed by atoms with E-state index in [4.69, 9.17) is 9.47 Å². The van der Waals surface area contributed by atoms with Crippen LogP contribution in [0, 0.1) is 5.92 Å². The van der Waals surface area contributed by atoms with Crippen LogP contribution < -0.4 is 10.6 Å². The number of alkyl carbamates (subject to hydrolysis) is 1. The van der Waals surface area contributed by atoms with Gasteiger partial charge in [0, 0.05) is 12.5 Å². The van der Waals surface area contributed by atoms with Gasteiger partial charge in [-0.2, -0.15) is 0 Å². The standard InChI is InChI=1S/C35H49N3O7/c1-22(2)28(37-33(43)45-35(6,7)8)31(41)38(25-17-13-18-25)29(24-16-12-19-26(39)21-24)30(40)36-27(32(42)44-34(3,4)5)20-23-14-10-9-11-15-23/h9-12,14-16,19,21-22,25,27-29,39H,13,17-18,20H2,1-8H3,(H,36,40)(H,37,43). The quantitative estimate of drug-likeness (QED) is 0.284. The van der Waals surface area contributed by atoms with Crippen LogP contribution in [0.5, 0.6) is 5.75 Å². The van der Waals surface area contributed by atoms with E-state index < -0.39 is 53.2 Å². The fourth-order valence-electron chi connectivity index (χ4n) is 5.09. The number of benzene rings is 2. The Morgan fingerprint density at radius 1 is 0.889 bits per heavy atom. The number of phenolic OH excluding ortho intramolecular Hbond substituents is 1. The first-order valence-electron chi connectivity index (χ1n) is 15.6. The maximum Gasteiger partial charge on any atom is 0.408 e. The van der Waals surface area contributed by atoms with Crippen LogP contribution in [0.2, 0.25) is 0 Å². The summed E-state index contributed by atoms with van der Waals surface area (Å²) in [7, 11) is 0. The molecule has 1 saturated carbocycles. The van der Waals surface area contributed by atoms with Gasteiger partial charge in [0.1, 0.15) is 35.1 Å². The summed E-state index contributed by atoms with van der Waals surface area (Å²) in [5, 5.41) is 16.0. The number of esters is 1. The second-order valence-corrected chi connectivity index (χ2v) is 14.0.